The van der Waals surface area contributed by atoms with Gasteiger partial charge in [0.05, 0.1) is 0 Å². The molecule has 0 fully saturated rings. The van der Waals surface area contributed by atoms with Gasteiger partial charge in [0.25, 0.3) is 0 Å². The third-order valence-electron chi connectivity index (χ3n) is 1.29. The zero-order valence-corrected chi connectivity index (χ0v) is 8.51. The summed E-state index contributed by atoms with van der Waals surface area (Å²) in [7, 11) is 0. The second-order valence-corrected chi connectivity index (χ2v) is 2.29. The standard InChI is InChI=1S/C10H11N.V/c1-2-3-4-5-10-6-8-11-9-7-10;/h6-9H,2-3H2,1H3;. The summed E-state index contributed by atoms with van der Waals surface area (Å²) in [5, 5.41) is 0. The van der Waals surface area contributed by atoms with E-state index in [0.717, 1.165) is 18.4 Å². The van der Waals surface area contributed by atoms with Crippen molar-refractivity contribution >= 4 is 0 Å². The maximum absolute atomic E-state index is 3.91. The van der Waals surface area contributed by atoms with Crippen LogP contribution in [-0.4, -0.2) is 4.98 Å². The maximum Gasteiger partial charge on any atom is 0.0280 e. The van der Waals surface area contributed by atoms with Gasteiger partial charge in [-0.15, -0.1) is 0 Å². The molecule has 0 saturated heterocycles. The second-order valence-electron chi connectivity index (χ2n) is 2.29. The van der Waals surface area contributed by atoms with Gasteiger partial charge in [-0.2, -0.15) is 0 Å². The topological polar surface area (TPSA) is 12.9 Å². The average molecular weight is 196 g/mol. The van der Waals surface area contributed by atoms with Crippen molar-refractivity contribution in [1.82, 2.24) is 4.98 Å². The van der Waals surface area contributed by atoms with Crippen molar-refractivity contribution in [2.24, 2.45) is 0 Å². The average Bonchev–Trinajstić information content (AvgIpc) is 2.07. The Hall–Kier alpha value is -0.706. The first-order chi connectivity index (χ1) is 5.43. The molecule has 2 heteroatoms. The Labute approximate surface area is 85.5 Å². The molecular formula is C10H11NV. The Morgan fingerprint density at radius 1 is 1.33 bits per heavy atom. The molecule has 0 N–H and O–H groups in total. The molecule has 0 unspecified atom stereocenters. The second kappa shape index (κ2) is 6.97. The molecule has 0 aliphatic carbocycles. The first kappa shape index (κ1) is 11.3. The molecule has 61 valence electrons. The first-order valence-electron chi connectivity index (χ1n) is 3.82. The summed E-state index contributed by atoms with van der Waals surface area (Å²) in [6.07, 6.45) is 5.62. The normalized spacial score (nSPS) is 7.75. The predicted octanol–water partition coefficient (Wildman–Crippen LogP) is 2.23. The SMILES string of the molecule is CCCC#Cc1ccncc1.[V]. The van der Waals surface area contributed by atoms with Gasteiger partial charge >= 0.3 is 0 Å². The number of nitrogens with zero attached hydrogens (tertiary/aromatic N) is 1. The van der Waals surface area contributed by atoms with E-state index >= 15 is 0 Å². The summed E-state index contributed by atoms with van der Waals surface area (Å²) in [5.41, 5.74) is 1.05. The van der Waals surface area contributed by atoms with Gasteiger partial charge in [0.15, 0.2) is 0 Å². The van der Waals surface area contributed by atoms with Crippen LogP contribution in [-0.2, 0) is 18.6 Å². The van der Waals surface area contributed by atoms with Crippen molar-refractivity contribution in [3.05, 3.63) is 30.1 Å². The monoisotopic (exact) mass is 196 g/mol. The molecule has 1 rings (SSSR count). The van der Waals surface area contributed by atoms with Crippen molar-refractivity contribution in [2.75, 3.05) is 0 Å². The van der Waals surface area contributed by atoms with E-state index < -0.39 is 0 Å². The Morgan fingerprint density at radius 2 is 2.00 bits per heavy atom. The van der Waals surface area contributed by atoms with Crippen LogP contribution in [0.2, 0.25) is 0 Å². The van der Waals surface area contributed by atoms with Crippen LogP contribution in [0.4, 0.5) is 0 Å². The molecule has 0 atom stereocenters. The summed E-state index contributed by atoms with van der Waals surface area (Å²) in [5.74, 6) is 6.13. The van der Waals surface area contributed by atoms with Crippen molar-refractivity contribution < 1.29 is 18.6 Å². The molecule has 0 aliphatic heterocycles. The third kappa shape index (κ3) is 4.23. The quantitative estimate of drug-likeness (QED) is 0.627. The van der Waals surface area contributed by atoms with Crippen molar-refractivity contribution in [1.29, 1.82) is 0 Å². The maximum atomic E-state index is 3.91. The van der Waals surface area contributed by atoms with Crippen LogP contribution in [0.3, 0.4) is 0 Å². The smallest absolute Gasteiger partial charge is 0.0280 e. The summed E-state index contributed by atoms with van der Waals surface area (Å²) in [6, 6.07) is 3.84. The molecule has 0 aliphatic rings. The molecule has 1 heterocycles. The van der Waals surface area contributed by atoms with Gasteiger partial charge in [-0.1, -0.05) is 18.8 Å². The molecule has 0 spiro atoms. The minimum absolute atomic E-state index is 0. The molecule has 0 saturated carbocycles. The molecule has 1 aromatic rings. The Kier molecular flexibility index (Phi) is 6.56. The predicted molar refractivity (Wildman–Crippen MR) is 46.0 cm³/mol. The summed E-state index contributed by atoms with van der Waals surface area (Å²) in [6.45, 7) is 2.13. The largest absolute Gasteiger partial charge is 0.265 e. The van der Waals surface area contributed by atoms with Gasteiger partial charge < -0.3 is 0 Å². The van der Waals surface area contributed by atoms with E-state index in [1.54, 1.807) is 12.4 Å². The van der Waals surface area contributed by atoms with Crippen LogP contribution in [0.25, 0.3) is 0 Å². The molecule has 1 nitrogen and oxygen atoms in total. The first-order valence-corrected chi connectivity index (χ1v) is 3.82. The van der Waals surface area contributed by atoms with Gasteiger partial charge in [0, 0.05) is 42.9 Å². The van der Waals surface area contributed by atoms with Crippen LogP contribution >= 0.6 is 0 Å². The molecule has 1 radical (unpaired) electrons. The summed E-state index contributed by atoms with van der Waals surface area (Å²) < 4.78 is 0. The fourth-order valence-electron chi connectivity index (χ4n) is 0.725. The Bertz CT molecular complexity index is 258. The minimum atomic E-state index is 0. The van der Waals surface area contributed by atoms with Crippen LogP contribution in [0.5, 0.6) is 0 Å². The van der Waals surface area contributed by atoms with E-state index in [0.29, 0.717) is 0 Å². The Balaban J connectivity index is 0.00000121. The van der Waals surface area contributed by atoms with Crippen LogP contribution in [0.15, 0.2) is 24.5 Å². The van der Waals surface area contributed by atoms with Crippen molar-refractivity contribution in [3.8, 4) is 11.8 Å². The zero-order valence-electron chi connectivity index (χ0n) is 7.12. The van der Waals surface area contributed by atoms with E-state index in [2.05, 4.69) is 23.7 Å². The Morgan fingerprint density at radius 3 is 2.58 bits per heavy atom. The number of unbranched alkanes of at least 4 members (excludes halogenated alkanes) is 1. The van der Waals surface area contributed by atoms with E-state index in [-0.39, 0.29) is 18.6 Å². The van der Waals surface area contributed by atoms with Gasteiger partial charge in [-0.3, -0.25) is 4.98 Å². The van der Waals surface area contributed by atoms with Crippen LogP contribution in [0, 0.1) is 11.8 Å². The third-order valence-corrected chi connectivity index (χ3v) is 1.29. The number of rotatable bonds is 1. The minimum Gasteiger partial charge on any atom is -0.265 e. The fraction of sp³-hybridized carbons (Fsp3) is 0.300. The molecule has 12 heavy (non-hydrogen) atoms. The summed E-state index contributed by atoms with van der Waals surface area (Å²) in [4.78, 5) is 3.91. The number of hydrogen-bond donors (Lipinski definition) is 0. The van der Waals surface area contributed by atoms with E-state index in [9.17, 15) is 0 Å². The van der Waals surface area contributed by atoms with E-state index in [1.807, 2.05) is 12.1 Å². The van der Waals surface area contributed by atoms with Gasteiger partial charge in [0.2, 0.25) is 0 Å². The van der Waals surface area contributed by atoms with E-state index in [1.165, 1.54) is 0 Å². The zero-order chi connectivity index (χ0) is 7.94. The molecule has 1 aromatic heterocycles. The van der Waals surface area contributed by atoms with E-state index in [4.69, 9.17) is 0 Å². The van der Waals surface area contributed by atoms with Gasteiger partial charge in [0.1, 0.15) is 0 Å². The molecule has 0 aromatic carbocycles. The number of hydrogen-bond acceptors (Lipinski definition) is 1. The van der Waals surface area contributed by atoms with Crippen LogP contribution in [0.1, 0.15) is 25.3 Å². The fourth-order valence-corrected chi connectivity index (χ4v) is 0.725. The molecular weight excluding hydrogens is 185 g/mol. The van der Waals surface area contributed by atoms with Crippen LogP contribution < -0.4 is 0 Å². The molecule has 0 bridgehead atoms. The van der Waals surface area contributed by atoms with Crippen molar-refractivity contribution in [2.45, 2.75) is 19.8 Å². The van der Waals surface area contributed by atoms with Gasteiger partial charge in [-0.05, 0) is 18.6 Å². The molecule has 0 amide bonds. The number of pyridine rings is 1. The summed E-state index contributed by atoms with van der Waals surface area (Å²) >= 11 is 0. The number of aromatic nitrogens is 1. The van der Waals surface area contributed by atoms with Crippen molar-refractivity contribution in [3.63, 3.8) is 0 Å². The van der Waals surface area contributed by atoms with Gasteiger partial charge in [-0.25, -0.2) is 0 Å².